The summed E-state index contributed by atoms with van der Waals surface area (Å²) in [4.78, 5) is 94.8. The van der Waals surface area contributed by atoms with Gasteiger partial charge in [0.2, 0.25) is 0 Å². The molecule has 15 rings (SSSR count). The van der Waals surface area contributed by atoms with Gasteiger partial charge in [-0.05, 0) is 244 Å². The summed E-state index contributed by atoms with van der Waals surface area (Å²) in [5.74, 6) is 0.695. The van der Waals surface area contributed by atoms with E-state index in [1.807, 2.05) is 115 Å². The number of pyridine rings is 2. The minimum absolute atomic E-state index is 0.0350. The van der Waals surface area contributed by atoms with Gasteiger partial charge in [-0.3, -0.25) is 24.7 Å². The van der Waals surface area contributed by atoms with Crippen LogP contribution in [0.4, 0.5) is 14.4 Å². The summed E-state index contributed by atoms with van der Waals surface area (Å²) in [5, 5.41) is 27.9. The van der Waals surface area contributed by atoms with E-state index < -0.39 is 16.8 Å². The SMILES string of the molecule is CC(C)(C)OC(=O)N1C2CCC1CC(N)C2.CCN(Cc1cncc(-c2ccc3c(c2)c(-c2ncc(C(=O)NC4CC5CCC(C4)N5C(=O)OC(C)(C)C)[nH]2)nn3C2CCCCO2)c1C)C(=O)OC(C)(C)C.CCNCc1cncc(-c2ccc3[nH]nc(-c4ncc(C(=O)NC5CC6CCC(C5)N6)[nH]4)c3c2)c1C. The predicted octanol–water partition coefficient (Wildman–Crippen LogP) is 13.2. The highest BCUT2D eigenvalue weighted by atomic mass is 16.6. The maximum Gasteiger partial charge on any atom is 0.410 e. The van der Waals surface area contributed by atoms with Crippen molar-refractivity contribution in [3.63, 3.8) is 0 Å². The van der Waals surface area contributed by atoms with Crippen LogP contribution >= 0.6 is 0 Å². The Kier molecular flexibility index (Phi) is 22.8. The van der Waals surface area contributed by atoms with Crippen molar-refractivity contribution in [3.05, 3.63) is 107 Å². The summed E-state index contributed by atoms with van der Waals surface area (Å²) in [6, 6.07) is 14.6. The average molecular weight is 1480 g/mol. The molecule has 2 aromatic carbocycles. The smallest absolute Gasteiger partial charge is 0.410 e. The Balaban J connectivity index is 0.000000167. The van der Waals surface area contributed by atoms with E-state index in [4.69, 9.17) is 29.8 Å². The number of H-pyrrole nitrogens is 3. The number of piperidine rings is 3. The fraction of sp³-hybridized carbons (Fsp3) is 0.568. The first-order valence-corrected chi connectivity index (χ1v) is 39.0. The van der Waals surface area contributed by atoms with Crippen molar-refractivity contribution in [3.8, 4) is 45.3 Å². The second-order valence-electron chi connectivity index (χ2n) is 33.4. The number of hydrogen-bond acceptors (Lipinski definition) is 18. The van der Waals surface area contributed by atoms with Gasteiger partial charge in [0.05, 0.1) is 30.0 Å². The van der Waals surface area contributed by atoms with Gasteiger partial charge in [-0.15, -0.1) is 0 Å². The van der Waals surface area contributed by atoms with Crippen LogP contribution in [0.1, 0.15) is 222 Å². The van der Waals surface area contributed by atoms with Gasteiger partial charge in [0.1, 0.15) is 39.6 Å². The molecule has 27 nitrogen and oxygen atoms in total. The van der Waals surface area contributed by atoms with Crippen molar-refractivity contribution in [1.82, 2.24) is 85.8 Å². The van der Waals surface area contributed by atoms with Gasteiger partial charge in [-0.1, -0.05) is 19.1 Å². The first-order chi connectivity index (χ1) is 51.5. The molecule has 7 fully saturated rings. The van der Waals surface area contributed by atoms with Gasteiger partial charge in [0.25, 0.3) is 11.8 Å². The zero-order valence-corrected chi connectivity index (χ0v) is 65.1. The van der Waals surface area contributed by atoms with Gasteiger partial charge in [0, 0.05) is 121 Å². The number of fused-ring (bicyclic) bond motifs is 8. The number of aromatic nitrogens is 10. The minimum atomic E-state index is -0.597. The Bertz CT molecular complexity index is 4510. The van der Waals surface area contributed by atoms with Crippen LogP contribution in [0.3, 0.4) is 0 Å². The molecule has 578 valence electrons. The number of aromatic amines is 3. The highest BCUT2D eigenvalue weighted by Gasteiger charge is 2.47. The lowest BCUT2D eigenvalue weighted by molar-refractivity contribution is -0.0365. The van der Waals surface area contributed by atoms with Crippen LogP contribution < -0.4 is 27.0 Å². The molecule has 0 saturated carbocycles. The maximum atomic E-state index is 13.7. The van der Waals surface area contributed by atoms with Crippen molar-refractivity contribution in [2.75, 3.05) is 19.7 Å². The van der Waals surface area contributed by atoms with Crippen LogP contribution in [0.25, 0.3) is 67.1 Å². The fourth-order valence-electron chi connectivity index (χ4n) is 16.7. The largest absolute Gasteiger partial charge is 0.444 e. The quantitative estimate of drug-likeness (QED) is 0.0442. The summed E-state index contributed by atoms with van der Waals surface area (Å²) in [7, 11) is 0. The molecule has 108 heavy (non-hydrogen) atoms. The average Bonchev–Trinajstić information content (AvgIpc) is 1.58. The lowest BCUT2D eigenvalue weighted by Gasteiger charge is -2.39. The number of carbonyl (C=O) groups excluding carboxylic acids is 5. The summed E-state index contributed by atoms with van der Waals surface area (Å²) in [5.41, 5.74) is 16.7. The fourth-order valence-corrected chi connectivity index (χ4v) is 16.7. The third-order valence-electron chi connectivity index (χ3n) is 21.9. The van der Waals surface area contributed by atoms with Gasteiger partial charge in [-0.25, -0.2) is 29.0 Å². The van der Waals surface area contributed by atoms with Crippen molar-refractivity contribution in [2.45, 2.75) is 277 Å². The summed E-state index contributed by atoms with van der Waals surface area (Å²) >= 11 is 0. The molecular formula is C81H110N18O9. The second-order valence-corrected chi connectivity index (χ2v) is 33.4. The number of nitrogens with two attached hydrogens (primary N) is 1. The molecule has 7 aliphatic rings. The maximum absolute atomic E-state index is 13.7. The van der Waals surface area contributed by atoms with E-state index in [1.165, 1.54) is 24.0 Å². The number of amides is 5. The number of imidazole rings is 2. The molecular weight excluding hydrogens is 1370 g/mol. The molecule has 8 aromatic rings. The van der Waals surface area contributed by atoms with Crippen LogP contribution in [0.15, 0.2) is 73.6 Å². The van der Waals surface area contributed by atoms with Crippen LogP contribution in [-0.4, -0.2) is 186 Å². The zero-order chi connectivity index (χ0) is 76.5. The Hall–Kier alpha value is -9.31. The number of benzene rings is 2. The molecule has 6 bridgehead atoms. The number of carbonyl (C=O) groups is 5. The molecule has 27 heteroatoms. The number of ether oxygens (including phenoxy) is 4. The Labute approximate surface area is 632 Å². The molecule has 9 N–H and O–H groups in total. The molecule has 0 spiro atoms. The standard InChI is InChI=1S/C42H56N8O6.C27H32N8O.C12H22N2O2/c1-9-48(39(52)55-41(3,4)5)24-27-21-43-22-32(25(27)2)26-13-16-34-31(18-26)36(47-50(34)35-12-10-11-17-54-35)37-44-23-33(46-37)38(51)45-28-19-29-14-15-30(20-28)49(29)40(53)56-42(6,7)8;1-3-28-11-17-12-29-13-22(15(17)2)16-4-7-23-21(8-16)25(35-34-23)26-30-14-24(33-26)27(36)32-20-9-18-5-6-19(10-20)31-18;1-12(2,3)16-11(15)14-9-4-5-10(14)7-8(13)6-9/h13,16,18,21-23,28-30,35H,9-12,14-15,17,19-20,24H2,1-8H3,(H,44,46)(H,45,51);4,7-8,12-14,18-20,28,31H,3,5-6,9-11H2,1-2H3,(H,30,33)(H,32,36)(H,34,35);8-10H,4-7,13H2,1-3H3. The lowest BCUT2D eigenvalue weighted by Crippen LogP contribution is -2.53. The molecule has 0 radical (unpaired) electrons. The number of nitrogens with zero attached hydrogens (tertiary/aromatic N) is 10. The Morgan fingerprint density at radius 2 is 1.14 bits per heavy atom. The number of hydrogen-bond donors (Lipinski definition) is 8. The molecule has 6 aromatic heterocycles. The van der Waals surface area contributed by atoms with E-state index in [9.17, 15) is 24.0 Å². The van der Waals surface area contributed by atoms with Crippen molar-refractivity contribution in [2.24, 2.45) is 5.73 Å². The van der Waals surface area contributed by atoms with E-state index >= 15 is 0 Å². The number of nitrogens with one attached hydrogen (secondary N) is 7. The van der Waals surface area contributed by atoms with Gasteiger partial charge < -0.3 is 70.6 Å². The number of rotatable bonds is 15. The first-order valence-electron chi connectivity index (χ1n) is 39.0. The molecule has 7 aliphatic heterocycles. The molecule has 7 unspecified atom stereocenters. The molecule has 7 saturated heterocycles. The highest BCUT2D eigenvalue weighted by molar-refractivity contribution is 5.98. The summed E-state index contributed by atoms with van der Waals surface area (Å²) in [6.07, 6.45) is 24.1. The Morgan fingerprint density at radius 3 is 1.69 bits per heavy atom. The highest BCUT2D eigenvalue weighted by Crippen LogP contribution is 2.41. The van der Waals surface area contributed by atoms with Crippen LogP contribution in [0.2, 0.25) is 0 Å². The van der Waals surface area contributed by atoms with Gasteiger partial charge >= 0.3 is 18.3 Å². The van der Waals surface area contributed by atoms with E-state index in [0.29, 0.717) is 91.1 Å². The zero-order valence-electron chi connectivity index (χ0n) is 65.1. The third kappa shape index (κ3) is 17.7. The lowest BCUT2D eigenvalue weighted by atomic mass is 9.97. The van der Waals surface area contributed by atoms with E-state index in [-0.39, 0.29) is 66.5 Å². The van der Waals surface area contributed by atoms with Crippen LogP contribution in [0, 0.1) is 13.8 Å². The third-order valence-corrected chi connectivity index (χ3v) is 21.9. The molecule has 0 aliphatic carbocycles. The van der Waals surface area contributed by atoms with Crippen LogP contribution in [-0.2, 0) is 32.0 Å². The monoisotopic (exact) mass is 1480 g/mol. The topological polar surface area (TPSA) is 336 Å². The normalized spacial score (nSPS) is 23.1. The van der Waals surface area contributed by atoms with Crippen LogP contribution in [0.5, 0.6) is 0 Å². The Morgan fingerprint density at radius 1 is 0.611 bits per heavy atom. The molecule has 7 atom stereocenters. The van der Waals surface area contributed by atoms with Crippen molar-refractivity contribution >= 4 is 51.9 Å². The second kappa shape index (κ2) is 32.1. The minimum Gasteiger partial charge on any atom is -0.444 e. The van der Waals surface area contributed by atoms with E-state index in [2.05, 4.69) is 106 Å². The van der Waals surface area contributed by atoms with Crippen molar-refractivity contribution in [1.29, 1.82) is 0 Å². The molecule has 5 amide bonds. The summed E-state index contributed by atoms with van der Waals surface area (Å²) in [6.45, 7) is 28.4. The first kappa shape index (κ1) is 76.9. The predicted molar refractivity (Wildman–Crippen MR) is 413 cm³/mol. The van der Waals surface area contributed by atoms with Gasteiger partial charge in [-0.2, -0.15) is 10.2 Å². The van der Waals surface area contributed by atoms with E-state index in [0.717, 1.165) is 139 Å². The van der Waals surface area contributed by atoms with Crippen molar-refractivity contribution < 1.29 is 42.9 Å². The summed E-state index contributed by atoms with van der Waals surface area (Å²) < 4.78 is 24.9. The van der Waals surface area contributed by atoms with E-state index in [1.54, 1.807) is 23.5 Å². The van der Waals surface area contributed by atoms with Gasteiger partial charge in [0.15, 0.2) is 17.9 Å². The molecule has 13 heterocycles.